The van der Waals surface area contributed by atoms with E-state index < -0.39 is 0 Å². The van der Waals surface area contributed by atoms with E-state index in [1.54, 1.807) is 0 Å². The number of pyridine rings is 2. The summed E-state index contributed by atoms with van der Waals surface area (Å²) in [7, 11) is 0. The van der Waals surface area contributed by atoms with Crippen molar-refractivity contribution in [2.45, 2.75) is 43.3 Å². The van der Waals surface area contributed by atoms with Crippen LogP contribution < -0.4 is 10.5 Å². The van der Waals surface area contributed by atoms with Crippen molar-refractivity contribution in [3.05, 3.63) is 82.9 Å². The van der Waals surface area contributed by atoms with Crippen LogP contribution in [0.2, 0.25) is 0 Å². The second kappa shape index (κ2) is 6.91. The zero-order valence-electron chi connectivity index (χ0n) is 17.9. The average molecular weight is 424 g/mol. The maximum atomic E-state index is 13.8. The highest BCUT2D eigenvalue weighted by molar-refractivity contribution is 5.94. The number of aromatic nitrogens is 2. The molecule has 4 atom stereocenters. The molecule has 5 nitrogen and oxygen atoms in total. The van der Waals surface area contributed by atoms with Crippen LogP contribution in [0.4, 0.5) is 5.69 Å². The molecule has 1 saturated carbocycles. The van der Waals surface area contributed by atoms with Crippen molar-refractivity contribution in [1.82, 2.24) is 9.55 Å². The third-order valence-electron chi connectivity index (χ3n) is 7.57. The van der Waals surface area contributed by atoms with E-state index in [1.807, 2.05) is 22.9 Å². The van der Waals surface area contributed by atoms with Crippen molar-refractivity contribution in [3.63, 3.8) is 0 Å². The van der Waals surface area contributed by atoms with E-state index in [0.29, 0.717) is 18.0 Å². The molecule has 2 bridgehead atoms. The molecule has 2 saturated heterocycles. The van der Waals surface area contributed by atoms with Crippen LogP contribution in [0.15, 0.2) is 71.7 Å². The molecular weight excluding hydrogens is 398 g/mol. The van der Waals surface area contributed by atoms with Crippen molar-refractivity contribution >= 4 is 27.4 Å². The van der Waals surface area contributed by atoms with Gasteiger partial charge in [-0.1, -0.05) is 36.4 Å². The van der Waals surface area contributed by atoms with Gasteiger partial charge in [-0.3, -0.25) is 9.78 Å². The normalized spacial score (nSPS) is 26.7. The molecule has 3 aliphatic rings. The van der Waals surface area contributed by atoms with Gasteiger partial charge in [-0.15, -0.1) is 0 Å². The molecule has 1 aliphatic carbocycles. The lowest BCUT2D eigenvalue weighted by Gasteiger charge is -2.37. The summed E-state index contributed by atoms with van der Waals surface area (Å²) in [5, 5.41) is 3.03. The Hall–Kier alpha value is -3.18. The zero-order chi connectivity index (χ0) is 21.2. The summed E-state index contributed by atoms with van der Waals surface area (Å²) in [6.45, 7) is 1.51. The Morgan fingerprint density at radius 3 is 2.56 bits per heavy atom. The van der Waals surface area contributed by atoms with Crippen LogP contribution in [0.25, 0.3) is 21.7 Å². The number of benzene rings is 2. The van der Waals surface area contributed by atoms with Gasteiger partial charge >= 0.3 is 0 Å². The number of hydrogen-bond acceptors (Lipinski definition) is 4. The number of ether oxygens (including phenoxy) is 1. The number of fused-ring (bicyclic) bond motifs is 4. The molecule has 5 heteroatoms. The maximum Gasteiger partial charge on any atom is 0.260 e. The number of para-hydroxylation sites is 1. The monoisotopic (exact) mass is 423 g/mol. The molecule has 3 fully saturated rings. The maximum absolute atomic E-state index is 13.8. The van der Waals surface area contributed by atoms with Crippen LogP contribution in [0, 0.1) is 0 Å². The van der Waals surface area contributed by atoms with Gasteiger partial charge in [0, 0.05) is 29.2 Å². The highest BCUT2D eigenvalue weighted by atomic mass is 16.5. The van der Waals surface area contributed by atoms with Gasteiger partial charge in [-0.2, -0.15) is 0 Å². The van der Waals surface area contributed by atoms with Gasteiger partial charge in [0.05, 0.1) is 41.9 Å². The first-order valence-electron chi connectivity index (χ1n) is 11.6. The van der Waals surface area contributed by atoms with Crippen molar-refractivity contribution in [2.24, 2.45) is 0 Å². The number of anilines is 1. The fraction of sp³-hybridized carbons (Fsp3) is 0.333. The molecule has 2 aliphatic heterocycles. The minimum absolute atomic E-state index is 0.122. The summed E-state index contributed by atoms with van der Waals surface area (Å²) in [5.74, 6) is 0.293. The summed E-state index contributed by atoms with van der Waals surface area (Å²) in [5.41, 5.74) is 3.31. The van der Waals surface area contributed by atoms with E-state index in [-0.39, 0.29) is 11.6 Å². The predicted molar refractivity (Wildman–Crippen MR) is 126 cm³/mol. The predicted octanol–water partition coefficient (Wildman–Crippen LogP) is 4.65. The third-order valence-corrected chi connectivity index (χ3v) is 7.57. The quantitative estimate of drug-likeness (QED) is 0.481. The first kappa shape index (κ1) is 18.4. The lowest BCUT2D eigenvalue weighted by molar-refractivity contribution is 0.0908. The van der Waals surface area contributed by atoms with E-state index in [9.17, 15) is 4.79 Å². The molecule has 2 aromatic carbocycles. The van der Waals surface area contributed by atoms with E-state index in [0.717, 1.165) is 65.5 Å². The van der Waals surface area contributed by atoms with Crippen molar-refractivity contribution in [3.8, 4) is 0 Å². The van der Waals surface area contributed by atoms with Crippen molar-refractivity contribution < 1.29 is 4.74 Å². The lowest BCUT2D eigenvalue weighted by atomic mass is 10.1. The molecule has 0 N–H and O–H groups in total. The molecule has 7 rings (SSSR count). The average Bonchev–Trinajstić information content (AvgIpc) is 3.58. The number of rotatable bonds is 3. The van der Waals surface area contributed by atoms with Gasteiger partial charge in [0.1, 0.15) is 0 Å². The van der Waals surface area contributed by atoms with Gasteiger partial charge in [0.25, 0.3) is 5.56 Å². The van der Waals surface area contributed by atoms with Gasteiger partial charge in [-0.05, 0) is 48.9 Å². The second-order valence-corrected chi connectivity index (χ2v) is 9.44. The van der Waals surface area contributed by atoms with Crippen LogP contribution in [0.1, 0.15) is 36.9 Å². The van der Waals surface area contributed by atoms with Crippen LogP contribution in [-0.4, -0.2) is 34.8 Å². The molecule has 2 aromatic heterocycles. The summed E-state index contributed by atoms with van der Waals surface area (Å²) in [6.07, 6.45) is 5.22. The summed E-state index contributed by atoms with van der Waals surface area (Å²) in [6, 6.07) is 21.8. The van der Waals surface area contributed by atoms with Crippen molar-refractivity contribution in [2.75, 3.05) is 18.1 Å². The second-order valence-electron chi connectivity index (χ2n) is 9.44. The van der Waals surface area contributed by atoms with Crippen LogP contribution in [0.5, 0.6) is 0 Å². The van der Waals surface area contributed by atoms with Crippen LogP contribution >= 0.6 is 0 Å². The van der Waals surface area contributed by atoms with E-state index in [4.69, 9.17) is 9.72 Å². The van der Waals surface area contributed by atoms with E-state index in [1.165, 1.54) is 0 Å². The van der Waals surface area contributed by atoms with Gasteiger partial charge in [-0.25, -0.2) is 0 Å². The third kappa shape index (κ3) is 2.74. The molecular formula is C27H25N3O2. The Bertz CT molecular complexity index is 1400. The van der Waals surface area contributed by atoms with E-state index >= 15 is 0 Å². The zero-order valence-corrected chi connectivity index (χ0v) is 17.9. The van der Waals surface area contributed by atoms with Gasteiger partial charge < -0.3 is 14.2 Å². The molecule has 4 aromatic rings. The first-order chi connectivity index (χ1) is 15.8. The highest BCUT2D eigenvalue weighted by Crippen LogP contribution is 2.50. The standard InChI is InChI=1S/C27H25N3O2/c31-27-26-18(5-3-7-24(26)30-19-9-10-20(30)16-32-15-19)12-13-29(27)25-14-21(25)23-11-8-17-4-1-2-6-22(17)28-23/h1-8,11-13,19-21,25H,9-10,14-16H2/t19-,20+,21-,25-/m1/s1. The Balaban J connectivity index is 1.29. The molecule has 32 heavy (non-hydrogen) atoms. The van der Waals surface area contributed by atoms with Gasteiger partial charge in [0.2, 0.25) is 0 Å². The number of hydrogen-bond donors (Lipinski definition) is 0. The molecule has 0 spiro atoms. The Morgan fingerprint density at radius 2 is 1.69 bits per heavy atom. The largest absolute Gasteiger partial charge is 0.377 e. The SMILES string of the molecule is O=c1c2c(N3[C@@H]4CC[C@H]3COC4)cccc2ccn1[C@@H]1C[C@@H]1c1ccc2ccccc2n1. The molecule has 0 radical (unpaired) electrons. The number of morpholine rings is 1. The Kier molecular flexibility index (Phi) is 3.97. The smallest absolute Gasteiger partial charge is 0.260 e. The van der Waals surface area contributed by atoms with Crippen molar-refractivity contribution in [1.29, 1.82) is 0 Å². The molecule has 0 amide bonds. The summed E-state index contributed by atoms with van der Waals surface area (Å²) >= 11 is 0. The minimum atomic E-state index is 0.122. The summed E-state index contributed by atoms with van der Waals surface area (Å²) < 4.78 is 7.74. The summed E-state index contributed by atoms with van der Waals surface area (Å²) in [4.78, 5) is 21.1. The Morgan fingerprint density at radius 1 is 0.875 bits per heavy atom. The topological polar surface area (TPSA) is 47.4 Å². The molecule has 4 heterocycles. The van der Waals surface area contributed by atoms with E-state index in [2.05, 4.69) is 53.4 Å². The Labute approximate surface area is 186 Å². The fourth-order valence-electron chi connectivity index (χ4n) is 5.88. The first-order valence-corrected chi connectivity index (χ1v) is 11.6. The fourth-order valence-corrected chi connectivity index (χ4v) is 5.88. The molecule has 0 unspecified atom stereocenters. The lowest BCUT2D eigenvalue weighted by Crippen LogP contribution is -2.46. The molecule has 160 valence electrons. The van der Waals surface area contributed by atoms with Crippen LogP contribution in [-0.2, 0) is 4.74 Å². The number of nitrogens with zero attached hydrogens (tertiary/aromatic N) is 3. The minimum Gasteiger partial charge on any atom is -0.377 e. The highest BCUT2D eigenvalue weighted by Gasteiger charge is 2.42. The van der Waals surface area contributed by atoms with Crippen LogP contribution in [0.3, 0.4) is 0 Å². The van der Waals surface area contributed by atoms with Gasteiger partial charge in [0.15, 0.2) is 0 Å².